The highest BCUT2D eigenvalue weighted by atomic mass is 16.6. The Morgan fingerprint density at radius 1 is 0.931 bits per heavy atom. The predicted octanol–water partition coefficient (Wildman–Crippen LogP) is 4.50. The molecule has 0 amide bonds. The van der Waals surface area contributed by atoms with Gasteiger partial charge in [-0.15, -0.1) is 0 Å². The van der Waals surface area contributed by atoms with Crippen LogP contribution < -0.4 is 5.56 Å². The molecule has 0 bridgehead atoms. The topological polar surface area (TPSA) is 77.5 Å². The van der Waals surface area contributed by atoms with Crippen LogP contribution in [0.25, 0.3) is 27.3 Å². The molecule has 0 unspecified atom stereocenters. The number of hydrogen-bond acceptors (Lipinski definition) is 4. The van der Waals surface area contributed by atoms with E-state index < -0.39 is 4.92 Å². The number of nitro groups is 1. The highest BCUT2D eigenvalue weighted by Gasteiger charge is 2.14. The molecular weight excluding hydrogens is 366 g/mol. The van der Waals surface area contributed by atoms with Crippen molar-refractivity contribution in [1.29, 1.82) is 0 Å². The van der Waals surface area contributed by atoms with Crippen LogP contribution in [0.4, 0.5) is 5.69 Å². The molecule has 0 aliphatic rings. The quantitative estimate of drug-likeness (QED) is 0.262. The van der Waals surface area contributed by atoms with Gasteiger partial charge in [0.05, 0.1) is 15.8 Å². The summed E-state index contributed by atoms with van der Waals surface area (Å²) in [5.41, 5.74) is 2.78. The van der Waals surface area contributed by atoms with Gasteiger partial charge in [-0.25, -0.2) is 4.98 Å². The zero-order valence-corrected chi connectivity index (χ0v) is 15.3. The lowest BCUT2D eigenvalue weighted by molar-refractivity contribution is -0.384. The number of fused-ring (bicyclic) bond motifs is 3. The summed E-state index contributed by atoms with van der Waals surface area (Å²) in [6.07, 6.45) is 2.24. The fraction of sp³-hybridized carbons (Fsp3) is 0.0435. The lowest BCUT2D eigenvalue weighted by Gasteiger charge is -2.13. The normalized spacial score (nSPS) is 11.3. The molecule has 3 aromatic carbocycles. The molecule has 0 atom stereocenters. The fourth-order valence-electron chi connectivity index (χ4n) is 3.78. The first-order chi connectivity index (χ1) is 14.1. The van der Waals surface area contributed by atoms with E-state index in [1.54, 1.807) is 22.6 Å². The molecule has 0 saturated carbocycles. The maximum atomic E-state index is 13.1. The van der Waals surface area contributed by atoms with E-state index in [1.165, 1.54) is 6.07 Å². The van der Waals surface area contributed by atoms with Crippen LogP contribution >= 0.6 is 0 Å². The van der Waals surface area contributed by atoms with Crippen molar-refractivity contribution in [1.82, 2.24) is 9.38 Å². The van der Waals surface area contributed by atoms with E-state index in [2.05, 4.69) is 0 Å². The van der Waals surface area contributed by atoms with Crippen LogP contribution in [0.1, 0.15) is 11.1 Å². The average molecular weight is 381 g/mol. The summed E-state index contributed by atoms with van der Waals surface area (Å²) in [5.74, 6) is 0. The van der Waals surface area contributed by atoms with Crippen molar-refractivity contribution in [2.75, 3.05) is 0 Å². The number of para-hydroxylation sites is 1. The van der Waals surface area contributed by atoms with Crippen molar-refractivity contribution in [3.8, 4) is 0 Å². The molecule has 0 saturated heterocycles. The molecule has 6 heteroatoms. The number of pyridine rings is 1. The van der Waals surface area contributed by atoms with Crippen molar-refractivity contribution >= 4 is 33.0 Å². The minimum absolute atomic E-state index is 0.0441. The third kappa shape index (κ3) is 2.82. The smallest absolute Gasteiger partial charge is 0.268 e. The second kappa shape index (κ2) is 6.53. The molecule has 0 radical (unpaired) electrons. The van der Waals surface area contributed by atoms with Gasteiger partial charge in [0.2, 0.25) is 0 Å². The molecule has 6 nitrogen and oxygen atoms in total. The second-order valence-corrected chi connectivity index (χ2v) is 6.93. The summed E-state index contributed by atoms with van der Waals surface area (Å²) in [6, 6.07) is 21.6. The number of rotatable bonds is 3. The van der Waals surface area contributed by atoms with E-state index >= 15 is 0 Å². The van der Waals surface area contributed by atoms with Gasteiger partial charge < -0.3 is 0 Å². The van der Waals surface area contributed by atoms with E-state index in [1.807, 2.05) is 54.7 Å². The second-order valence-electron chi connectivity index (χ2n) is 6.93. The van der Waals surface area contributed by atoms with Gasteiger partial charge in [-0.2, -0.15) is 0 Å². The number of hydrogen-bond donors (Lipinski definition) is 0. The Kier molecular flexibility index (Phi) is 3.84. The van der Waals surface area contributed by atoms with E-state index in [4.69, 9.17) is 4.98 Å². The van der Waals surface area contributed by atoms with Gasteiger partial charge in [-0.1, -0.05) is 48.5 Å². The van der Waals surface area contributed by atoms with Crippen LogP contribution in [0.5, 0.6) is 0 Å². The van der Waals surface area contributed by atoms with E-state index in [0.29, 0.717) is 23.0 Å². The molecule has 2 heterocycles. The Hall–Kier alpha value is -4.06. The minimum Gasteiger partial charge on any atom is -0.268 e. The Morgan fingerprint density at radius 3 is 2.52 bits per heavy atom. The van der Waals surface area contributed by atoms with Crippen LogP contribution in [-0.4, -0.2) is 14.3 Å². The van der Waals surface area contributed by atoms with Gasteiger partial charge in [-0.3, -0.25) is 19.3 Å². The zero-order chi connectivity index (χ0) is 20.0. The molecule has 0 spiro atoms. The number of nitrogens with zero attached hydrogens (tertiary/aromatic N) is 3. The SMILES string of the molecule is O=c1c2ccccc2nc2c(Cc3cccc([N+](=O)[O-])c3)c3ccccc3cn12. The van der Waals surface area contributed by atoms with Gasteiger partial charge in [0.1, 0.15) is 5.65 Å². The van der Waals surface area contributed by atoms with Gasteiger partial charge in [0.15, 0.2) is 0 Å². The monoisotopic (exact) mass is 381 g/mol. The predicted molar refractivity (Wildman–Crippen MR) is 112 cm³/mol. The summed E-state index contributed by atoms with van der Waals surface area (Å²) < 4.78 is 1.58. The molecule has 5 aromatic rings. The molecule has 140 valence electrons. The zero-order valence-electron chi connectivity index (χ0n) is 15.3. The largest absolute Gasteiger partial charge is 0.269 e. The van der Waals surface area contributed by atoms with Crippen LogP contribution in [0, 0.1) is 10.1 Å². The van der Waals surface area contributed by atoms with Crippen molar-refractivity contribution in [2.24, 2.45) is 0 Å². The molecule has 0 aliphatic carbocycles. The maximum Gasteiger partial charge on any atom is 0.269 e. The Bertz CT molecular complexity index is 1490. The van der Waals surface area contributed by atoms with Crippen molar-refractivity contribution in [3.05, 3.63) is 111 Å². The van der Waals surface area contributed by atoms with E-state index in [9.17, 15) is 14.9 Å². The standard InChI is InChI=1S/C23H15N3O3/c27-23-19-10-3-4-11-21(19)24-22-20(13-15-6-5-8-17(12-15)26(28)29)18-9-2-1-7-16(18)14-25(22)23/h1-12,14H,13H2. The van der Waals surface area contributed by atoms with Crippen LogP contribution in [0.15, 0.2) is 83.8 Å². The third-order valence-electron chi connectivity index (χ3n) is 5.13. The number of nitro benzene ring substituents is 1. The summed E-state index contributed by atoms with van der Waals surface area (Å²) in [4.78, 5) is 28.7. The van der Waals surface area contributed by atoms with Gasteiger partial charge in [0.25, 0.3) is 11.2 Å². The third-order valence-corrected chi connectivity index (χ3v) is 5.13. The minimum atomic E-state index is -0.402. The molecule has 0 fully saturated rings. The van der Waals surface area contributed by atoms with E-state index in [0.717, 1.165) is 21.9 Å². The van der Waals surface area contributed by atoms with Gasteiger partial charge >= 0.3 is 0 Å². The Labute approximate surface area is 164 Å². The molecule has 2 aromatic heterocycles. The van der Waals surface area contributed by atoms with Crippen LogP contribution in [0.2, 0.25) is 0 Å². The Morgan fingerprint density at radius 2 is 1.69 bits per heavy atom. The van der Waals surface area contributed by atoms with Gasteiger partial charge in [0, 0.05) is 30.3 Å². The van der Waals surface area contributed by atoms with E-state index in [-0.39, 0.29) is 11.2 Å². The summed E-state index contributed by atoms with van der Waals surface area (Å²) in [5, 5.41) is 13.6. The van der Waals surface area contributed by atoms with Crippen molar-refractivity contribution in [2.45, 2.75) is 6.42 Å². The number of benzene rings is 3. The highest BCUT2D eigenvalue weighted by molar-refractivity contribution is 5.91. The lowest BCUT2D eigenvalue weighted by Crippen LogP contribution is -2.16. The maximum absolute atomic E-state index is 13.1. The summed E-state index contributed by atoms with van der Waals surface area (Å²) in [7, 11) is 0. The first-order valence-corrected chi connectivity index (χ1v) is 9.17. The van der Waals surface area contributed by atoms with Gasteiger partial charge in [-0.05, 0) is 28.5 Å². The molecule has 0 N–H and O–H groups in total. The first-order valence-electron chi connectivity index (χ1n) is 9.17. The fourth-order valence-corrected chi connectivity index (χ4v) is 3.78. The lowest BCUT2D eigenvalue weighted by atomic mass is 9.99. The Balaban J connectivity index is 1.85. The average Bonchev–Trinajstić information content (AvgIpc) is 2.75. The molecule has 0 aliphatic heterocycles. The summed E-state index contributed by atoms with van der Waals surface area (Å²) in [6.45, 7) is 0. The molecule has 29 heavy (non-hydrogen) atoms. The van der Waals surface area contributed by atoms with Crippen molar-refractivity contribution < 1.29 is 4.92 Å². The molecular formula is C23H15N3O3. The van der Waals surface area contributed by atoms with Crippen molar-refractivity contribution in [3.63, 3.8) is 0 Å². The van der Waals surface area contributed by atoms with Crippen LogP contribution in [-0.2, 0) is 6.42 Å². The molecule has 5 rings (SSSR count). The summed E-state index contributed by atoms with van der Waals surface area (Å²) >= 11 is 0. The number of aromatic nitrogens is 2. The number of non-ortho nitro benzene ring substituents is 1. The van der Waals surface area contributed by atoms with Crippen LogP contribution in [0.3, 0.4) is 0 Å². The highest BCUT2D eigenvalue weighted by Crippen LogP contribution is 2.26. The first kappa shape index (κ1) is 17.1.